The van der Waals surface area contributed by atoms with Crippen LogP contribution >= 0.6 is 0 Å². The summed E-state index contributed by atoms with van der Waals surface area (Å²) in [5.74, 6) is -1.61. The molecule has 2 aromatic carbocycles. The van der Waals surface area contributed by atoms with Crippen molar-refractivity contribution in [1.29, 1.82) is 0 Å². The quantitative estimate of drug-likeness (QED) is 0.646. The van der Waals surface area contributed by atoms with Crippen LogP contribution in [0.5, 0.6) is 0 Å². The van der Waals surface area contributed by atoms with E-state index in [2.05, 4.69) is 10.6 Å². The van der Waals surface area contributed by atoms with Crippen molar-refractivity contribution in [2.75, 3.05) is 0 Å². The largest absolute Gasteiger partial charge is 0.340 e. The second kappa shape index (κ2) is 4.50. The Labute approximate surface area is 110 Å². The number of benzene rings is 2. The van der Waals surface area contributed by atoms with E-state index in [9.17, 15) is 8.78 Å². The van der Waals surface area contributed by atoms with Crippen molar-refractivity contribution in [3.8, 4) is 0 Å². The molecule has 19 heavy (non-hydrogen) atoms. The standard InChI is InChI=1S/C16H13F2N/c1-11-8-13-4-2-3-5-16(13)19(11)10-12-6-7-14(17)15(18)9-12/h2-9H,10H2,1H3. The molecule has 0 unspecified atom stereocenters. The molecule has 1 aromatic heterocycles. The average molecular weight is 257 g/mol. The van der Waals surface area contributed by atoms with E-state index < -0.39 is 11.6 Å². The van der Waals surface area contributed by atoms with Gasteiger partial charge in [-0.15, -0.1) is 0 Å². The highest BCUT2D eigenvalue weighted by Crippen LogP contribution is 2.21. The molecule has 0 bridgehead atoms. The van der Waals surface area contributed by atoms with Gasteiger partial charge in [-0.3, -0.25) is 0 Å². The van der Waals surface area contributed by atoms with E-state index in [0.717, 1.165) is 22.2 Å². The summed E-state index contributed by atoms with van der Waals surface area (Å²) in [6, 6.07) is 14.2. The van der Waals surface area contributed by atoms with Crippen molar-refractivity contribution in [2.24, 2.45) is 0 Å². The molecule has 96 valence electrons. The lowest BCUT2D eigenvalue weighted by molar-refractivity contribution is 0.506. The van der Waals surface area contributed by atoms with Crippen LogP contribution < -0.4 is 0 Å². The maximum absolute atomic E-state index is 13.2. The molecule has 0 fully saturated rings. The van der Waals surface area contributed by atoms with Crippen LogP contribution in [0.2, 0.25) is 0 Å². The first-order chi connectivity index (χ1) is 9.15. The average Bonchev–Trinajstić information content (AvgIpc) is 2.71. The van der Waals surface area contributed by atoms with Crippen molar-refractivity contribution in [3.05, 3.63) is 71.4 Å². The first-order valence-corrected chi connectivity index (χ1v) is 6.14. The molecule has 0 aliphatic rings. The summed E-state index contributed by atoms with van der Waals surface area (Å²) in [4.78, 5) is 0. The second-order valence-electron chi connectivity index (χ2n) is 4.68. The van der Waals surface area contributed by atoms with Crippen LogP contribution in [0.25, 0.3) is 10.9 Å². The van der Waals surface area contributed by atoms with Crippen LogP contribution in [0.3, 0.4) is 0 Å². The fourth-order valence-electron chi connectivity index (χ4n) is 2.38. The molecule has 0 saturated carbocycles. The predicted octanol–water partition coefficient (Wildman–Crippen LogP) is 4.28. The van der Waals surface area contributed by atoms with E-state index in [1.807, 2.05) is 31.2 Å². The Morgan fingerprint density at radius 1 is 0.947 bits per heavy atom. The molecule has 0 atom stereocenters. The zero-order valence-corrected chi connectivity index (χ0v) is 10.5. The van der Waals surface area contributed by atoms with Gasteiger partial charge in [0.05, 0.1) is 0 Å². The van der Waals surface area contributed by atoms with Gasteiger partial charge in [-0.1, -0.05) is 24.3 Å². The Kier molecular flexibility index (Phi) is 2.82. The minimum Gasteiger partial charge on any atom is -0.340 e. The van der Waals surface area contributed by atoms with E-state index >= 15 is 0 Å². The van der Waals surface area contributed by atoms with Crippen molar-refractivity contribution in [3.63, 3.8) is 0 Å². The molecule has 0 amide bonds. The Balaban J connectivity index is 2.05. The Morgan fingerprint density at radius 2 is 1.74 bits per heavy atom. The Hall–Kier alpha value is -2.16. The number of hydrogen-bond acceptors (Lipinski definition) is 0. The Morgan fingerprint density at radius 3 is 2.53 bits per heavy atom. The van der Waals surface area contributed by atoms with Gasteiger partial charge in [-0.05, 0) is 42.1 Å². The van der Waals surface area contributed by atoms with Crippen LogP contribution in [0, 0.1) is 18.6 Å². The molecule has 0 aliphatic heterocycles. The number of fused-ring (bicyclic) bond motifs is 1. The van der Waals surface area contributed by atoms with E-state index in [4.69, 9.17) is 0 Å². The molecule has 3 aromatic rings. The minimum absolute atomic E-state index is 0.538. The summed E-state index contributed by atoms with van der Waals surface area (Å²) in [6.07, 6.45) is 0. The van der Waals surface area contributed by atoms with Gasteiger partial charge in [0, 0.05) is 17.8 Å². The lowest BCUT2D eigenvalue weighted by Gasteiger charge is -2.09. The van der Waals surface area contributed by atoms with Gasteiger partial charge in [0.1, 0.15) is 0 Å². The summed E-state index contributed by atoms with van der Waals surface area (Å²) in [6.45, 7) is 2.55. The fourth-order valence-corrected chi connectivity index (χ4v) is 2.38. The lowest BCUT2D eigenvalue weighted by atomic mass is 10.2. The van der Waals surface area contributed by atoms with E-state index in [-0.39, 0.29) is 0 Å². The molecular weight excluding hydrogens is 244 g/mol. The van der Waals surface area contributed by atoms with Gasteiger partial charge in [-0.25, -0.2) is 8.78 Å². The number of aryl methyl sites for hydroxylation is 1. The summed E-state index contributed by atoms with van der Waals surface area (Å²) in [7, 11) is 0. The normalized spacial score (nSPS) is 11.1. The highest BCUT2D eigenvalue weighted by Gasteiger charge is 2.07. The van der Waals surface area contributed by atoms with Crippen LogP contribution in [0.1, 0.15) is 11.3 Å². The number of para-hydroxylation sites is 1. The highest BCUT2D eigenvalue weighted by atomic mass is 19.2. The second-order valence-corrected chi connectivity index (χ2v) is 4.68. The topological polar surface area (TPSA) is 4.93 Å². The molecule has 0 radical (unpaired) electrons. The van der Waals surface area contributed by atoms with Gasteiger partial charge < -0.3 is 4.57 Å². The number of aromatic nitrogens is 1. The van der Waals surface area contributed by atoms with E-state index in [1.165, 1.54) is 12.1 Å². The summed E-state index contributed by atoms with van der Waals surface area (Å²) in [5, 5.41) is 1.16. The van der Waals surface area contributed by atoms with Crippen LogP contribution in [-0.2, 0) is 6.54 Å². The number of hydrogen-bond donors (Lipinski definition) is 0. The maximum atomic E-state index is 13.2. The van der Waals surface area contributed by atoms with Crippen molar-refractivity contribution in [1.82, 2.24) is 4.57 Å². The molecule has 3 heteroatoms. The molecule has 0 spiro atoms. The summed E-state index contributed by atoms with van der Waals surface area (Å²) in [5.41, 5.74) is 2.96. The SMILES string of the molecule is Cc1cc2ccccc2n1Cc1ccc(F)c(F)c1. The van der Waals surface area contributed by atoms with Crippen molar-refractivity contribution < 1.29 is 8.78 Å². The molecule has 1 heterocycles. The number of rotatable bonds is 2. The summed E-state index contributed by atoms with van der Waals surface area (Å²) >= 11 is 0. The molecule has 1 nitrogen and oxygen atoms in total. The summed E-state index contributed by atoms with van der Waals surface area (Å²) < 4.78 is 28.3. The minimum atomic E-state index is -0.808. The van der Waals surface area contributed by atoms with E-state index in [1.54, 1.807) is 6.07 Å². The van der Waals surface area contributed by atoms with Crippen molar-refractivity contribution >= 4 is 10.9 Å². The third-order valence-electron chi connectivity index (χ3n) is 3.34. The van der Waals surface area contributed by atoms with Crippen LogP contribution in [0.4, 0.5) is 8.78 Å². The third-order valence-corrected chi connectivity index (χ3v) is 3.34. The van der Waals surface area contributed by atoms with Gasteiger partial charge in [-0.2, -0.15) is 0 Å². The van der Waals surface area contributed by atoms with Gasteiger partial charge >= 0.3 is 0 Å². The fraction of sp³-hybridized carbons (Fsp3) is 0.125. The molecule has 0 N–H and O–H groups in total. The first-order valence-electron chi connectivity index (χ1n) is 6.14. The van der Waals surface area contributed by atoms with E-state index in [0.29, 0.717) is 6.54 Å². The maximum Gasteiger partial charge on any atom is 0.159 e. The number of halogens is 2. The Bertz CT molecular complexity index is 744. The van der Waals surface area contributed by atoms with Crippen LogP contribution in [-0.4, -0.2) is 4.57 Å². The van der Waals surface area contributed by atoms with Gasteiger partial charge in [0.15, 0.2) is 11.6 Å². The molecule has 0 saturated heterocycles. The smallest absolute Gasteiger partial charge is 0.159 e. The van der Waals surface area contributed by atoms with Gasteiger partial charge in [0.2, 0.25) is 0 Å². The predicted molar refractivity (Wildman–Crippen MR) is 72.1 cm³/mol. The first kappa shape index (κ1) is 11.9. The van der Waals surface area contributed by atoms with Gasteiger partial charge in [0.25, 0.3) is 0 Å². The number of nitrogens with zero attached hydrogens (tertiary/aromatic N) is 1. The molecule has 3 rings (SSSR count). The monoisotopic (exact) mass is 257 g/mol. The van der Waals surface area contributed by atoms with Crippen LogP contribution in [0.15, 0.2) is 48.5 Å². The lowest BCUT2D eigenvalue weighted by Crippen LogP contribution is -2.02. The zero-order chi connectivity index (χ0) is 13.4. The van der Waals surface area contributed by atoms with Crippen molar-refractivity contribution in [2.45, 2.75) is 13.5 Å². The zero-order valence-electron chi connectivity index (χ0n) is 10.5. The highest BCUT2D eigenvalue weighted by molar-refractivity contribution is 5.81. The molecule has 0 aliphatic carbocycles. The third kappa shape index (κ3) is 2.12. The molecular formula is C16H13F2N.